The molecule has 1 saturated carbocycles. The third kappa shape index (κ3) is 1.45. The van der Waals surface area contributed by atoms with E-state index in [2.05, 4.69) is 35.0 Å². The maximum absolute atomic E-state index is 5.94. The molecule has 0 amide bonds. The molecule has 1 atom stereocenters. The van der Waals surface area contributed by atoms with E-state index < -0.39 is 0 Å². The second-order valence-electron chi connectivity index (χ2n) is 4.91. The largest absolute Gasteiger partial charge is 0.344 e. The molecule has 2 nitrogen and oxygen atoms in total. The van der Waals surface area contributed by atoms with E-state index in [-0.39, 0.29) is 6.04 Å². The molecule has 0 spiro atoms. The van der Waals surface area contributed by atoms with E-state index >= 15 is 0 Å². The lowest BCUT2D eigenvalue weighted by Gasteiger charge is -2.28. The summed E-state index contributed by atoms with van der Waals surface area (Å²) in [6, 6.07) is 9.62. The molecule has 16 heavy (non-hydrogen) atoms. The second kappa shape index (κ2) is 3.63. The molecule has 1 heterocycles. The highest BCUT2D eigenvalue weighted by atomic mass is 15.0. The van der Waals surface area contributed by atoms with E-state index in [4.69, 9.17) is 5.73 Å². The highest BCUT2D eigenvalue weighted by Gasteiger charge is 2.20. The van der Waals surface area contributed by atoms with Gasteiger partial charge in [-0.05, 0) is 49.3 Å². The molecule has 1 fully saturated rings. The van der Waals surface area contributed by atoms with Crippen molar-refractivity contribution in [2.24, 2.45) is 5.73 Å². The van der Waals surface area contributed by atoms with Crippen LogP contribution in [0.3, 0.4) is 0 Å². The smallest absolute Gasteiger partial charge is 0.0486 e. The van der Waals surface area contributed by atoms with Crippen LogP contribution in [0, 0.1) is 0 Å². The third-order valence-electron chi connectivity index (χ3n) is 3.74. The Morgan fingerprint density at radius 3 is 2.75 bits per heavy atom. The zero-order valence-electron chi connectivity index (χ0n) is 9.69. The minimum absolute atomic E-state index is 0.120. The SMILES string of the molecule is CC(N)c1ccc2ccn(C3CCC3)c2c1. The summed E-state index contributed by atoms with van der Waals surface area (Å²) in [5.74, 6) is 0. The van der Waals surface area contributed by atoms with Gasteiger partial charge in [0.25, 0.3) is 0 Å². The van der Waals surface area contributed by atoms with Gasteiger partial charge in [-0.3, -0.25) is 0 Å². The van der Waals surface area contributed by atoms with E-state index in [1.807, 2.05) is 6.92 Å². The molecule has 2 heteroatoms. The molecule has 2 N–H and O–H groups in total. The van der Waals surface area contributed by atoms with Crippen molar-refractivity contribution in [2.75, 3.05) is 0 Å². The summed E-state index contributed by atoms with van der Waals surface area (Å²) in [5, 5.41) is 1.33. The molecule has 1 aliphatic rings. The molecule has 1 aromatic carbocycles. The molecular formula is C14H18N2. The number of hydrogen-bond donors (Lipinski definition) is 1. The summed E-state index contributed by atoms with van der Waals surface area (Å²) >= 11 is 0. The van der Waals surface area contributed by atoms with Gasteiger partial charge in [0.05, 0.1) is 0 Å². The van der Waals surface area contributed by atoms with Gasteiger partial charge in [-0.25, -0.2) is 0 Å². The highest BCUT2D eigenvalue weighted by molar-refractivity contribution is 5.81. The average Bonchev–Trinajstić information content (AvgIpc) is 2.59. The molecule has 84 valence electrons. The fourth-order valence-electron chi connectivity index (χ4n) is 2.43. The Morgan fingerprint density at radius 1 is 1.31 bits per heavy atom. The first kappa shape index (κ1) is 9.91. The molecule has 1 unspecified atom stereocenters. The van der Waals surface area contributed by atoms with Crippen LogP contribution in [-0.4, -0.2) is 4.57 Å². The van der Waals surface area contributed by atoms with Crippen LogP contribution >= 0.6 is 0 Å². The normalized spacial score (nSPS) is 18.6. The van der Waals surface area contributed by atoms with Crippen molar-refractivity contribution in [3.05, 3.63) is 36.0 Å². The molecule has 2 aromatic rings. The van der Waals surface area contributed by atoms with Gasteiger partial charge in [-0.1, -0.05) is 12.1 Å². The Kier molecular flexibility index (Phi) is 2.25. The number of benzene rings is 1. The van der Waals surface area contributed by atoms with Gasteiger partial charge in [-0.2, -0.15) is 0 Å². The summed E-state index contributed by atoms with van der Waals surface area (Å²) in [7, 11) is 0. The standard InChI is InChI=1S/C14H18N2/c1-10(15)12-6-5-11-7-8-16(14(11)9-12)13-3-2-4-13/h5-10,13H,2-4,15H2,1H3. The van der Waals surface area contributed by atoms with Crippen LogP contribution in [0.5, 0.6) is 0 Å². The first-order valence-electron chi connectivity index (χ1n) is 6.12. The van der Waals surface area contributed by atoms with Gasteiger partial charge >= 0.3 is 0 Å². The second-order valence-corrected chi connectivity index (χ2v) is 4.91. The van der Waals surface area contributed by atoms with E-state index in [9.17, 15) is 0 Å². The summed E-state index contributed by atoms with van der Waals surface area (Å²) in [6.45, 7) is 2.04. The first-order chi connectivity index (χ1) is 7.75. The number of hydrogen-bond acceptors (Lipinski definition) is 1. The number of nitrogens with zero attached hydrogens (tertiary/aromatic N) is 1. The Hall–Kier alpha value is -1.28. The maximum Gasteiger partial charge on any atom is 0.0486 e. The van der Waals surface area contributed by atoms with E-state index in [1.54, 1.807) is 0 Å². The Morgan fingerprint density at radius 2 is 2.12 bits per heavy atom. The fraction of sp³-hybridized carbons (Fsp3) is 0.429. The minimum atomic E-state index is 0.120. The van der Waals surface area contributed by atoms with Crippen LogP contribution in [0.2, 0.25) is 0 Å². The van der Waals surface area contributed by atoms with Gasteiger partial charge in [0.2, 0.25) is 0 Å². The van der Waals surface area contributed by atoms with Crippen molar-refractivity contribution in [3.63, 3.8) is 0 Å². The van der Waals surface area contributed by atoms with Crippen molar-refractivity contribution >= 4 is 10.9 Å². The quantitative estimate of drug-likeness (QED) is 0.816. The third-order valence-corrected chi connectivity index (χ3v) is 3.74. The van der Waals surface area contributed by atoms with Crippen LogP contribution in [0.25, 0.3) is 10.9 Å². The lowest BCUT2D eigenvalue weighted by molar-refractivity contribution is 0.321. The van der Waals surface area contributed by atoms with Crippen molar-refractivity contribution in [3.8, 4) is 0 Å². The van der Waals surface area contributed by atoms with Gasteiger partial charge < -0.3 is 10.3 Å². The Balaban J connectivity index is 2.11. The predicted octanol–water partition coefficient (Wildman–Crippen LogP) is 3.39. The molecule has 0 radical (unpaired) electrons. The van der Waals surface area contributed by atoms with Gasteiger partial charge in [0, 0.05) is 23.8 Å². The number of aromatic nitrogens is 1. The van der Waals surface area contributed by atoms with Crippen LogP contribution in [-0.2, 0) is 0 Å². The molecule has 0 aliphatic heterocycles. The van der Waals surface area contributed by atoms with Gasteiger partial charge in [-0.15, -0.1) is 0 Å². The Bertz CT molecular complexity index is 506. The van der Waals surface area contributed by atoms with Crippen LogP contribution in [0.15, 0.2) is 30.5 Å². The Labute approximate surface area is 96.1 Å². The number of fused-ring (bicyclic) bond motifs is 1. The number of rotatable bonds is 2. The van der Waals surface area contributed by atoms with Crippen LogP contribution in [0.1, 0.15) is 43.8 Å². The van der Waals surface area contributed by atoms with Crippen molar-refractivity contribution in [1.29, 1.82) is 0 Å². The van der Waals surface area contributed by atoms with Crippen molar-refractivity contribution < 1.29 is 0 Å². The van der Waals surface area contributed by atoms with Crippen molar-refractivity contribution in [2.45, 2.75) is 38.3 Å². The zero-order chi connectivity index (χ0) is 11.1. The molecule has 1 aliphatic carbocycles. The molecule has 3 rings (SSSR count). The summed E-state index contributed by atoms with van der Waals surface area (Å²) in [4.78, 5) is 0. The lowest BCUT2D eigenvalue weighted by atomic mass is 9.93. The lowest BCUT2D eigenvalue weighted by Crippen LogP contribution is -2.16. The van der Waals surface area contributed by atoms with Crippen LogP contribution < -0.4 is 5.73 Å². The summed E-state index contributed by atoms with van der Waals surface area (Å²) < 4.78 is 2.42. The average molecular weight is 214 g/mol. The van der Waals surface area contributed by atoms with Crippen molar-refractivity contribution in [1.82, 2.24) is 4.57 Å². The topological polar surface area (TPSA) is 30.9 Å². The predicted molar refractivity (Wildman–Crippen MR) is 67.4 cm³/mol. The van der Waals surface area contributed by atoms with E-state index in [0.29, 0.717) is 0 Å². The van der Waals surface area contributed by atoms with E-state index in [0.717, 1.165) is 6.04 Å². The monoisotopic (exact) mass is 214 g/mol. The molecule has 0 bridgehead atoms. The van der Waals surface area contributed by atoms with Gasteiger partial charge in [0.1, 0.15) is 0 Å². The maximum atomic E-state index is 5.94. The number of nitrogens with two attached hydrogens (primary N) is 1. The van der Waals surface area contributed by atoms with E-state index in [1.165, 1.54) is 35.7 Å². The minimum Gasteiger partial charge on any atom is -0.344 e. The molecule has 0 saturated heterocycles. The van der Waals surface area contributed by atoms with Gasteiger partial charge in [0.15, 0.2) is 0 Å². The first-order valence-corrected chi connectivity index (χ1v) is 6.12. The summed E-state index contributed by atoms with van der Waals surface area (Å²) in [6.07, 6.45) is 6.25. The summed E-state index contributed by atoms with van der Waals surface area (Å²) in [5.41, 5.74) is 8.51. The molecule has 1 aromatic heterocycles. The van der Waals surface area contributed by atoms with Crippen LogP contribution in [0.4, 0.5) is 0 Å². The highest BCUT2D eigenvalue weighted by Crippen LogP contribution is 2.35. The zero-order valence-corrected chi connectivity index (χ0v) is 9.69. The molecular weight excluding hydrogens is 196 g/mol. The fourth-order valence-corrected chi connectivity index (χ4v) is 2.43.